The van der Waals surface area contributed by atoms with E-state index < -0.39 is 5.60 Å². The number of likely N-dealkylation sites (N-methyl/N-ethyl adjacent to an activating group) is 1. The van der Waals surface area contributed by atoms with Crippen LogP contribution in [0.2, 0.25) is 0 Å². The lowest BCUT2D eigenvalue weighted by atomic mass is 10.1. The molecule has 1 rings (SSSR count). The number of nitrogens with one attached hydrogen (secondary N) is 1. The van der Waals surface area contributed by atoms with Crippen molar-refractivity contribution in [2.45, 2.75) is 24.3 Å². The molecule has 0 aliphatic heterocycles. The predicted molar refractivity (Wildman–Crippen MR) is 76.2 cm³/mol. The lowest BCUT2D eigenvalue weighted by molar-refractivity contribution is 0.0550. The summed E-state index contributed by atoms with van der Waals surface area (Å²) in [5.41, 5.74) is -0.137. The number of benzene rings is 1. The minimum Gasteiger partial charge on any atom is -0.389 e. The molecule has 0 saturated carbocycles. The molecule has 0 atom stereocenters. The van der Waals surface area contributed by atoms with E-state index in [1.54, 1.807) is 32.7 Å². The molecule has 0 bridgehead atoms. The lowest BCUT2D eigenvalue weighted by Gasteiger charge is -2.25. The molecule has 100 valence electrons. The van der Waals surface area contributed by atoms with Crippen LogP contribution in [0.1, 0.15) is 13.8 Å². The van der Waals surface area contributed by atoms with E-state index in [2.05, 4.69) is 5.32 Å². The third-order valence-corrected chi connectivity index (χ3v) is 3.02. The van der Waals surface area contributed by atoms with Crippen LogP contribution >= 0.6 is 11.8 Å². The Kier molecular flexibility index (Phi) is 5.04. The van der Waals surface area contributed by atoms with Crippen LogP contribution < -0.4 is 5.32 Å². The van der Waals surface area contributed by atoms with Crippen molar-refractivity contribution in [1.82, 2.24) is 4.90 Å². The number of carbonyl (C=O) groups is 1. The fourth-order valence-corrected chi connectivity index (χ4v) is 2.03. The second kappa shape index (κ2) is 6.11. The Morgan fingerprint density at radius 1 is 1.50 bits per heavy atom. The average Bonchev–Trinajstić information content (AvgIpc) is 2.27. The van der Waals surface area contributed by atoms with Gasteiger partial charge in [0.2, 0.25) is 0 Å². The van der Waals surface area contributed by atoms with Gasteiger partial charge >= 0.3 is 6.03 Å². The molecule has 0 aliphatic carbocycles. The number of anilines is 1. The number of carbonyl (C=O) groups excluding carboxylic acids is 1. The topological polar surface area (TPSA) is 52.6 Å². The van der Waals surface area contributed by atoms with Crippen LogP contribution in [0, 0.1) is 0 Å². The SMILES string of the molecule is CSc1cccc(NC(=O)N(C)CC(C)(C)O)c1. The van der Waals surface area contributed by atoms with Gasteiger partial charge in [0.15, 0.2) is 0 Å². The highest BCUT2D eigenvalue weighted by molar-refractivity contribution is 7.98. The van der Waals surface area contributed by atoms with Crippen molar-refractivity contribution in [1.29, 1.82) is 0 Å². The second-order valence-electron chi connectivity index (χ2n) is 4.83. The summed E-state index contributed by atoms with van der Waals surface area (Å²) < 4.78 is 0. The van der Waals surface area contributed by atoms with Crippen LogP contribution in [0.3, 0.4) is 0 Å². The van der Waals surface area contributed by atoms with Gasteiger partial charge in [-0.15, -0.1) is 11.8 Å². The van der Waals surface area contributed by atoms with Crippen LogP contribution in [-0.2, 0) is 0 Å². The number of aliphatic hydroxyl groups is 1. The van der Waals surface area contributed by atoms with Crippen LogP contribution in [0.25, 0.3) is 0 Å². The van der Waals surface area contributed by atoms with E-state index in [0.29, 0.717) is 0 Å². The molecule has 1 aromatic rings. The Hall–Kier alpha value is -1.20. The molecule has 0 saturated heterocycles. The third-order valence-electron chi connectivity index (χ3n) is 2.29. The van der Waals surface area contributed by atoms with Gasteiger partial charge in [-0.25, -0.2) is 4.79 Å². The zero-order valence-corrected chi connectivity index (χ0v) is 12.0. The maximum absolute atomic E-state index is 11.9. The van der Waals surface area contributed by atoms with E-state index in [0.717, 1.165) is 10.6 Å². The molecular formula is C13H20N2O2S. The molecule has 2 N–H and O–H groups in total. The van der Waals surface area contributed by atoms with Crippen LogP contribution in [0.5, 0.6) is 0 Å². The van der Waals surface area contributed by atoms with Crippen molar-refractivity contribution in [3.8, 4) is 0 Å². The first-order valence-electron chi connectivity index (χ1n) is 5.70. The van der Waals surface area contributed by atoms with Crippen LogP contribution in [-0.4, -0.2) is 41.5 Å². The van der Waals surface area contributed by atoms with E-state index in [1.807, 2.05) is 30.5 Å². The van der Waals surface area contributed by atoms with Gasteiger partial charge in [-0.2, -0.15) is 0 Å². The Bertz CT molecular complexity index is 416. The molecule has 1 aromatic carbocycles. The molecule has 5 heteroatoms. The summed E-state index contributed by atoms with van der Waals surface area (Å²) in [4.78, 5) is 14.4. The first-order valence-corrected chi connectivity index (χ1v) is 6.93. The molecule has 0 heterocycles. The standard InChI is InChI=1S/C13H20N2O2S/c1-13(2,17)9-15(3)12(16)14-10-6-5-7-11(8-10)18-4/h5-8,17H,9H2,1-4H3,(H,14,16). The van der Waals surface area contributed by atoms with Gasteiger partial charge in [0, 0.05) is 17.6 Å². The largest absolute Gasteiger partial charge is 0.389 e. The monoisotopic (exact) mass is 268 g/mol. The summed E-state index contributed by atoms with van der Waals surface area (Å²) in [7, 11) is 1.66. The number of rotatable bonds is 4. The van der Waals surface area contributed by atoms with Crippen molar-refractivity contribution >= 4 is 23.5 Å². The Morgan fingerprint density at radius 3 is 2.72 bits per heavy atom. The fourth-order valence-electron chi connectivity index (χ4n) is 1.57. The van der Waals surface area contributed by atoms with Crippen molar-refractivity contribution < 1.29 is 9.90 Å². The molecule has 0 unspecified atom stereocenters. The first kappa shape index (κ1) is 14.9. The Labute approximate surface area is 112 Å². The summed E-state index contributed by atoms with van der Waals surface area (Å²) in [5, 5.41) is 12.5. The highest BCUT2D eigenvalue weighted by Gasteiger charge is 2.19. The van der Waals surface area contributed by atoms with Gasteiger partial charge in [0.1, 0.15) is 0 Å². The van der Waals surface area contributed by atoms with Crippen LogP contribution in [0.15, 0.2) is 29.2 Å². The number of thioether (sulfide) groups is 1. The molecule has 0 spiro atoms. The van der Waals surface area contributed by atoms with Gasteiger partial charge in [-0.05, 0) is 38.3 Å². The molecule has 0 aromatic heterocycles. The molecular weight excluding hydrogens is 248 g/mol. The summed E-state index contributed by atoms with van der Waals surface area (Å²) >= 11 is 1.62. The van der Waals surface area contributed by atoms with Gasteiger partial charge in [0.05, 0.1) is 12.1 Å². The van der Waals surface area contributed by atoms with Gasteiger partial charge in [-0.1, -0.05) is 6.07 Å². The van der Waals surface area contributed by atoms with Gasteiger partial charge in [-0.3, -0.25) is 0 Å². The van der Waals surface area contributed by atoms with E-state index in [4.69, 9.17) is 0 Å². The Balaban J connectivity index is 2.63. The minimum absolute atomic E-state index is 0.227. The van der Waals surface area contributed by atoms with Crippen molar-refractivity contribution in [2.24, 2.45) is 0 Å². The maximum Gasteiger partial charge on any atom is 0.321 e. The number of nitrogens with zero attached hydrogens (tertiary/aromatic N) is 1. The zero-order valence-electron chi connectivity index (χ0n) is 11.2. The van der Waals surface area contributed by atoms with Crippen molar-refractivity contribution in [3.63, 3.8) is 0 Å². The molecule has 0 fully saturated rings. The molecule has 2 amide bonds. The third kappa shape index (κ3) is 4.98. The minimum atomic E-state index is -0.896. The predicted octanol–water partition coefficient (Wildman–Crippen LogP) is 2.64. The normalized spacial score (nSPS) is 11.2. The van der Waals surface area contributed by atoms with Gasteiger partial charge in [0.25, 0.3) is 0 Å². The number of amides is 2. The average molecular weight is 268 g/mol. The molecule has 0 radical (unpaired) electrons. The Morgan fingerprint density at radius 2 is 2.17 bits per heavy atom. The number of hydrogen-bond donors (Lipinski definition) is 2. The fraction of sp³-hybridized carbons (Fsp3) is 0.462. The van der Waals surface area contributed by atoms with E-state index in [-0.39, 0.29) is 12.6 Å². The van der Waals surface area contributed by atoms with E-state index in [1.165, 1.54) is 4.90 Å². The van der Waals surface area contributed by atoms with E-state index in [9.17, 15) is 9.90 Å². The van der Waals surface area contributed by atoms with Crippen LogP contribution in [0.4, 0.5) is 10.5 Å². The van der Waals surface area contributed by atoms with Gasteiger partial charge < -0.3 is 15.3 Å². The lowest BCUT2D eigenvalue weighted by Crippen LogP contribution is -2.41. The molecule has 4 nitrogen and oxygen atoms in total. The highest BCUT2D eigenvalue weighted by Crippen LogP contribution is 2.19. The summed E-state index contributed by atoms with van der Waals surface area (Å²) in [6.45, 7) is 3.62. The highest BCUT2D eigenvalue weighted by atomic mass is 32.2. The molecule has 18 heavy (non-hydrogen) atoms. The number of urea groups is 1. The summed E-state index contributed by atoms with van der Waals surface area (Å²) in [5.74, 6) is 0. The zero-order chi connectivity index (χ0) is 13.8. The summed E-state index contributed by atoms with van der Waals surface area (Å²) in [6.07, 6.45) is 1.99. The first-order chi connectivity index (χ1) is 8.31. The second-order valence-corrected chi connectivity index (χ2v) is 5.71. The summed E-state index contributed by atoms with van der Waals surface area (Å²) in [6, 6.07) is 7.42. The smallest absolute Gasteiger partial charge is 0.321 e. The van der Waals surface area contributed by atoms with E-state index >= 15 is 0 Å². The quantitative estimate of drug-likeness (QED) is 0.825. The maximum atomic E-state index is 11.9. The molecule has 0 aliphatic rings. The number of hydrogen-bond acceptors (Lipinski definition) is 3. The van der Waals surface area contributed by atoms with Crippen molar-refractivity contribution in [2.75, 3.05) is 25.2 Å². The van der Waals surface area contributed by atoms with Crippen molar-refractivity contribution in [3.05, 3.63) is 24.3 Å².